The van der Waals surface area contributed by atoms with Crippen LogP contribution in [0.4, 0.5) is 10.8 Å². The summed E-state index contributed by atoms with van der Waals surface area (Å²) in [6.07, 6.45) is 5.77. The van der Waals surface area contributed by atoms with E-state index >= 15 is 0 Å². The third-order valence-electron chi connectivity index (χ3n) is 3.81. The highest BCUT2D eigenvalue weighted by atomic mass is 32.1. The SMILES string of the molecule is C#CC(=O)NCc1cccc(NCCc2cc(O)c3nc(N)sc3c2)c1. The van der Waals surface area contributed by atoms with E-state index in [4.69, 9.17) is 12.2 Å². The Kier molecular flexibility index (Phi) is 5.25. The van der Waals surface area contributed by atoms with Gasteiger partial charge < -0.3 is 21.5 Å². The van der Waals surface area contributed by atoms with Crippen LogP contribution in [0.2, 0.25) is 0 Å². The molecular formula is C19H18N4O2S. The average Bonchev–Trinajstić information content (AvgIpc) is 3.01. The summed E-state index contributed by atoms with van der Waals surface area (Å²) in [6.45, 7) is 1.08. The molecule has 3 aromatic rings. The monoisotopic (exact) mass is 366 g/mol. The number of thiazole rings is 1. The molecule has 1 heterocycles. The predicted molar refractivity (Wildman–Crippen MR) is 105 cm³/mol. The van der Waals surface area contributed by atoms with Crippen LogP contribution >= 0.6 is 11.3 Å². The van der Waals surface area contributed by atoms with Crippen LogP contribution in [0.3, 0.4) is 0 Å². The molecule has 0 aliphatic carbocycles. The summed E-state index contributed by atoms with van der Waals surface area (Å²) in [4.78, 5) is 15.2. The minimum absolute atomic E-state index is 0.150. The maximum absolute atomic E-state index is 11.1. The number of nitrogen functional groups attached to an aromatic ring is 1. The van der Waals surface area contributed by atoms with Crippen molar-refractivity contribution in [1.29, 1.82) is 0 Å². The fourth-order valence-electron chi connectivity index (χ4n) is 2.60. The lowest BCUT2D eigenvalue weighted by Crippen LogP contribution is -2.20. The zero-order valence-corrected chi connectivity index (χ0v) is 14.8. The predicted octanol–water partition coefficient (Wildman–Crippen LogP) is 2.49. The van der Waals surface area contributed by atoms with Gasteiger partial charge in [-0.15, -0.1) is 6.42 Å². The summed E-state index contributed by atoms with van der Waals surface area (Å²) in [6, 6.07) is 11.5. The Hall–Kier alpha value is -3.24. The highest BCUT2D eigenvalue weighted by molar-refractivity contribution is 7.22. The number of hydrogen-bond acceptors (Lipinski definition) is 6. The van der Waals surface area contributed by atoms with Crippen molar-refractivity contribution in [1.82, 2.24) is 10.3 Å². The van der Waals surface area contributed by atoms with E-state index < -0.39 is 5.91 Å². The number of nitrogens with zero attached hydrogens (tertiary/aromatic N) is 1. The third-order valence-corrected chi connectivity index (χ3v) is 4.64. The van der Waals surface area contributed by atoms with Crippen LogP contribution in [-0.2, 0) is 17.8 Å². The lowest BCUT2D eigenvalue weighted by atomic mass is 10.1. The fraction of sp³-hybridized carbons (Fsp3) is 0.158. The zero-order chi connectivity index (χ0) is 18.5. The number of aromatic nitrogens is 1. The van der Waals surface area contributed by atoms with Gasteiger partial charge in [-0.3, -0.25) is 4.79 Å². The standard InChI is InChI=1S/C19H18N4O2S/c1-2-17(25)22-11-13-4-3-5-14(8-13)21-7-6-12-9-15(24)18-16(10-12)26-19(20)23-18/h1,3-5,8-10,21,24H,6-7,11H2,(H2,20,23)(H,22,25). The smallest absolute Gasteiger partial charge is 0.295 e. The van der Waals surface area contributed by atoms with E-state index in [1.807, 2.05) is 36.3 Å². The van der Waals surface area contributed by atoms with E-state index in [0.29, 0.717) is 23.7 Å². The largest absolute Gasteiger partial charge is 0.506 e. The van der Waals surface area contributed by atoms with Gasteiger partial charge >= 0.3 is 0 Å². The molecule has 0 unspecified atom stereocenters. The molecule has 0 fully saturated rings. The summed E-state index contributed by atoms with van der Waals surface area (Å²) in [5.41, 5.74) is 9.15. The lowest BCUT2D eigenvalue weighted by molar-refractivity contribution is -0.115. The number of hydrogen-bond donors (Lipinski definition) is 4. The number of phenols is 1. The Morgan fingerprint density at radius 2 is 2.15 bits per heavy atom. The molecule has 0 radical (unpaired) electrons. The van der Waals surface area contributed by atoms with Gasteiger partial charge in [0.25, 0.3) is 5.91 Å². The summed E-state index contributed by atoms with van der Waals surface area (Å²) < 4.78 is 0.878. The number of nitrogens with one attached hydrogen (secondary N) is 2. The summed E-state index contributed by atoms with van der Waals surface area (Å²) in [7, 11) is 0. The van der Waals surface area contributed by atoms with Crippen molar-refractivity contribution in [3.05, 3.63) is 47.5 Å². The molecule has 0 bridgehead atoms. The van der Waals surface area contributed by atoms with Crippen LogP contribution in [-0.4, -0.2) is 22.5 Å². The van der Waals surface area contributed by atoms with Crippen molar-refractivity contribution in [3.63, 3.8) is 0 Å². The Labute approximate surface area is 155 Å². The molecule has 7 heteroatoms. The van der Waals surface area contributed by atoms with E-state index in [-0.39, 0.29) is 5.75 Å². The molecule has 5 N–H and O–H groups in total. The van der Waals surface area contributed by atoms with Crippen molar-refractivity contribution in [2.75, 3.05) is 17.6 Å². The molecule has 2 aromatic carbocycles. The number of phenolic OH excluding ortho intramolecular Hbond substituents is 1. The fourth-order valence-corrected chi connectivity index (χ4v) is 3.42. The number of carbonyl (C=O) groups excluding carboxylic acids is 1. The van der Waals surface area contributed by atoms with E-state index in [2.05, 4.69) is 15.6 Å². The second kappa shape index (κ2) is 7.76. The second-order valence-electron chi connectivity index (χ2n) is 5.72. The molecule has 0 atom stereocenters. The molecule has 6 nitrogen and oxygen atoms in total. The Morgan fingerprint density at radius 3 is 2.96 bits per heavy atom. The van der Waals surface area contributed by atoms with Gasteiger partial charge in [0.2, 0.25) is 0 Å². The Balaban J connectivity index is 1.59. The van der Waals surface area contributed by atoms with E-state index in [1.54, 1.807) is 6.07 Å². The number of amides is 1. The summed E-state index contributed by atoms with van der Waals surface area (Å²) >= 11 is 1.36. The summed E-state index contributed by atoms with van der Waals surface area (Å²) in [5, 5.41) is 16.5. The van der Waals surface area contributed by atoms with E-state index in [9.17, 15) is 9.90 Å². The molecule has 1 amide bonds. The molecular weight excluding hydrogens is 348 g/mol. The normalized spacial score (nSPS) is 10.4. The van der Waals surface area contributed by atoms with Crippen molar-refractivity contribution in [2.24, 2.45) is 0 Å². The van der Waals surface area contributed by atoms with Gasteiger partial charge in [-0.1, -0.05) is 23.5 Å². The van der Waals surface area contributed by atoms with Crippen molar-refractivity contribution < 1.29 is 9.90 Å². The number of terminal acetylenes is 1. The highest BCUT2D eigenvalue weighted by Crippen LogP contribution is 2.31. The molecule has 132 valence electrons. The topological polar surface area (TPSA) is 100 Å². The zero-order valence-electron chi connectivity index (χ0n) is 14.0. The number of nitrogens with two attached hydrogens (primary N) is 1. The van der Waals surface area contributed by atoms with Crippen LogP contribution in [0, 0.1) is 12.3 Å². The first-order chi connectivity index (χ1) is 12.5. The van der Waals surface area contributed by atoms with Crippen molar-refractivity contribution in [3.8, 4) is 18.1 Å². The number of aromatic hydroxyl groups is 1. The molecule has 0 aliphatic rings. The molecule has 0 saturated carbocycles. The highest BCUT2D eigenvalue weighted by Gasteiger charge is 2.08. The summed E-state index contributed by atoms with van der Waals surface area (Å²) in [5.74, 6) is 1.74. The van der Waals surface area contributed by atoms with Crippen molar-refractivity contribution in [2.45, 2.75) is 13.0 Å². The van der Waals surface area contributed by atoms with Gasteiger partial charge in [0.05, 0.1) is 4.70 Å². The van der Waals surface area contributed by atoms with Gasteiger partial charge in [-0.25, -0.2) is 4.98 Å². The Morgan fingerprint density at radius 1 is 1.31 bits per heavy atom. The number of carbonyl (C=O) groups is 1. The van der Waals surface area contributed by atoms with E-state index in [0.717, 1.165) is 27.9 Å². The number of fused-ring (bicyclic) bond motifs is 1. The number of rotatable bonds is 6. The molecule has 0 aliphatic heterocycles. The quantitative estimate of drug-likeness (QED) is 0.502. The second-order valence-corrected chi connectivity index (χ2v) is 6.78. The first-order valence-electron chi connectivity index (χ1n) is 8.00. The van der Waals surface area contributed by atoms with Crippen molar-refractivity contribution >= 4 is 38.3 Å². The Bertz CT molecular complexity index is 991. The van der Waals surface area contributed by atoms with Gasteiger partial charge in [-0.2, -0.15) is 0 Å². The molecule has 0 spiro atoms. The lowest BCUT2D eigenvalue weighted by Gasteiger charge is -2.09. The number of anilines is 2. The first-order valence-corrected chi connectivity index (χ1v) is 8.82. The van der Waals surface area contributed by atoms with Crippen LogP contribution < -0.4 is 16.4 Å². The van der Waals surface area contributed by atoms with Gasteiger partial charge in [0.15, 0.2) is 5.13 Å². The van der Waals surface area contributed by atoms with Gasteiger partial charge in [-0.05, 0) is 47.7 Å². The van der Waals surface area contributed by atoms with Crippen LogP contribution in [0.15, 0.2) is 36.4 Å². The van der Waals surface area contributed by atoms with Crippen LogP contribution in [0.5, 0.6) is 5.75 Å². The minimum Gasteiger partial charge on any atom is -0.506 e. The molecule has 0 saturated heterocycles. The first kappa shape index (κ1) is 17.6. The van der Waals surface area contributed by atoms with Crippen LogP contribution in [0.25, 0.3) is 10.2 Å². The van der Waals surface area contributed by atoms with Crippen LogP contribution in [0.1, 0.15) is 11.1 Å². The minimum atomic E-state index is -0.428. The number of benzene rings is 2. The maximum Gasteiger partial charge on any atom is 0.295 e. The maximum atomic E-state index is 11.1. The molecule has 1 aromatic heterocycles. The third kappa shape index (κ3) is 4.23. The van der Waals surface area contributed by atoms with E-state index in [1.165, 1.54) is 11.3 Å². The molecule has 26 heavy (non-hydrogen) atoms. The molecule has 3 rings (SSSR count). The van der Waals surface area contributed by atoms with Gasteiger partial charge in [0.1, 0.15) is 11.3 Å². The van der Waals surface area contributed by atoms with Gasteiger partial charge in [0, 0.05) is 18.8 Å². The average molecular weight is 366 g/mol.